The van der Waals surface area contributed by atoms with Gasteiger partial charge in [0.15, 0.2) is 11.5 Å². The van der Waals surface area contributed by atoms with Crippen LogP contribution >= 0.6 is 0 Å². The fraction of sp³-hybridized carbons (Fsp3) is 0.400. The van der Waals surface area contributed by atoms with E-state index in [-0.39, 0.29) is 12.9 Å². The van der Waals surface area contributed by atoms with Crippen molar-refractivity contribution in [2.75, 3.05) is 12.5 Å². The van der Waals surface area contributed by atoms with Crippen LogP contribution < -0.4 is 19.9 Å². The average molecular weight is 195 g/mol. The van der Waals surface area contributed by atoms with Gasteiger partial charge in [0.1, 0.15) is 0 Å². The van der Waals surface area contributed by atoms with Gasteiger partial charge in [-0.3, -0.25) is 0 Å². The molecule has 0 saturated carbocycles. The molecule has 0 aromatic heterocycles. The van der Waals surface area contributed by atoms with Gasteiger partial charge in [0.25, 0.3) is 0 Å². The summed E-state index contributed by atoms with van der Waals surface area (Å²) in [6.07, 6.45) is 0.0630. The van der Waals surface area contributed by atoms with E-state index in [1.165, 1.54) is 0 Å². The lowest BCUT2D eigenvalue weighted by Crippen LogP contribution is -2.08. The number of nitrogens with two attached hydrogens (primary N) is 1. The molecule has 1 aromatic carbocycles. The number of anilines is 1. The van der Waals surface area contributed by atoms with E-state index in [4.69, 9.17) is 19.9 Å². The summed E-state index contributed by atoms with van der Waals surface area (Å²) in [6, 6.07) is 3.54. The van der Waals surface area contributed by atoms with Crippen molar-refractivity contribution in [3.8, 4) is 17.2 Å². The Kier molecular flexibility index (Phi) is 2.11. The Morgan fingerprint density at radius 3 is 2.86 bits per heavy atom. The quantitative estimate of drug-likeness (QED) is 0.731. The molecule has 4 heteroatoms. The summed E-state index contributed by atoms with van der Waals surface area (Å²) in [5.41, 5.74) is 6.35. The highest BCUT2D eigenvalue weighted by Gasteiger charge is 2.21. The first-order valence-electron chi connectivity index (χ1n) is 4.53. The molecular weight excluding hydrogens is 182 g/mol. The lowest BCUT2D eigenvalue weighted by Gasteiger charge is -2.13. The molecule has 1 aliphatic rings. The lowest BCUT2D eigenvalue weighted by molar-refractivity contribution is 0.166. The van der Waals surface area contributed by atoms with Crippen LogP contribution in [-0.4, -0.2) is 12.9 Å². The highest BCUT2D eigenvalue weighted by atomic mass is 16.7. The minimum atomic E-state index is 0.0630. The summed E-state index contributed by atoms with van der Waals surface area (Å²) in [6.45, 7) is 4.11. The van der Waals surface area contributed by atoms with Crippen LogP contribution in [0, 0.1) is 0 Å². The van der Waals surface area contributed by atoms with Crippen molar-refractivity contribution in [1.29, 1.82) is 0 Å². The Morgan fingerprint density at radius 1 is 1.36 bits per heavy atom. The molecular formula is C10H13NO3. The topological polar surface area (TPSA) is 53.7 Å². The van der Waals surface area contributed by atoms with E-state index in [2.05, 4.69) is 0 Å². The van der Waals surface area contributed by atoms with Crippen LogP contribution in [0.4, 0.5) is 5.69 Å². The van der Waals surface area contributed by atoms with Gasteiger partial charge in [-0.2, -0.15) is 0 Å². The van der Waals surface area contributed by atoms with E-state index in [0.29, 0.717) is 22.9 Å². The Hall–Kier alpha value is -1.58. The van der Waals surface area contributed by atoms with Gasteiger partial charge >= 0.3 is 0 Å². The third-order valence-corrected chi connectivity index (χ3v) is 1.88. The summed E-state index contributed by atoms with van der Waals surface area (Å²) in [7, 11) is 0. The molecule has 2 rings (SSSR count). The van der Waals surface area contributed by atoms with Gasteiger partial charge in [-0.1, -0.05) is 0 Å². The second kappa shape index (κ2) is 3.29. The maximum atomic E-state index is 5.78. The summed E-state index contributed by atoms with van der Waals surface area (Å²) in [4.78, 5) is 0. The van der Waals surface area contributed by atoms with Crippen molar-refractivity contribution in [2.24, 2.45) is 0 Å². The van der Waals surface area contributed by atoms with Gasteiger partial charge in [0.2, 0.25) is 12.5 Å². The first-order chi connectivity index (χ1) is 6.68. The second-order valence-corrected chi connectivity index (χ2v) is 3.38. The molecule has 0 amide bonds. The van der Waals surface area contributed by atoms with Crippen LogP contribution in [0.2, 0.25) is 0 Å². The minimum absolute atomic E-state index is 0.0630. The van der Waals surface area contributed by atoms with E-state index in [0.717, 1.165) is 0 Å². The van der Waals surface area contributed by atoms with E-state index in [1.54, 1.807) is 12.1 Å². The minimum Gasteiger partial charge on any atom is -0.485 e. The number of fused-ring (bicyclic) bond motifs is 1. The summed E-state index contributed by atoms with van der Waals surface area (Å²) >= 11 is 0. The first-order valence-corrected chi connectivity index (χ1v) is 4.53. The monoisotopic (exact) mass is 195 g/mol. The van der Waals surface area contributed by atoms with Gasteiger partial charge in [-0.05, 0) is 26.0 Å². The number of hydrogen-bond donors (Lipinski definition) is 1. The molecule has 4 nitrogen and oxygen atoms in total. The molecule has 0 unspecified atom stereocenters. The molecule has 0 bridgehead atoms. The van der Waals surface area contributed by atoms with Gasteiger partial charge in [-0.25, -0.2) is 0 Å². The highest BCUT2D eigenvalue weighted by Crippen LogP contribution is 2.44. The van der Waals surface area contributed by atoms with Crippen LogP contribution in [0.3, 0.4) is 0 Å². The molecule has 14 heavy (non-hydrogen) atoms. The predicted molar refractivity (Wildman–Crippen MR) is 52.7 cm³/mol. The van der Waals surface area contributed by atoms with Crippen molar-refractivity contribution in [2.45, 2.75) is 20.0 Å². The number of ether oxygens (including phenoxy) is 3. The summed E-state index contributed by atoms with van der Waals surface area (Å²) < 4.78 is 16.1. The molecule has 2 N–H and O–H groups in total. The van der Waals surface area contributed by atoms with Gasteiger partial charge < -0.3 is 19.9 Å². The molecule has 1 aliphatic heterocycles. The van der Waals surface area contributed by atoms with Crippen LogP contribution in [0.25, 0.3) is 0 Å². The standard InChI is InChI=1S/C10H13NO3/c1-6(2)14-9-7(11)3-4-8-10(9)13-5-12-8/h3-4,6H,5,11H2,1-2H3. The first kappa shape index (κ1) is 8.99. The maximum absolute atomic E-state index is 5.78. The summed E-state index contributed by atoms with van der Waals surface area (Å²) in [5.74, 6) is 1.88. The van der Waals surface area contributed by atoms with E-state index in [9.17, 15) is 0 Å². The van der Waals surface area contributed by atoms with Crippen molar-refractivity contribution in [1.82, 2.24) is 0 Å². The molecule has 0 fully saturated rings. The molecule has 0 aliphatic carbocycles. The number of rotatable bonds is 2. The van der Waals surface area contributed by atoms with Crippen molar-refractivity contribution < 1.29 is 14.2 Å². The molecule has 1 aromatic rings. The van der Waals surface area contributed by atoms with E-state index in [1.807, 2.05) is 13.8 Å². The van der Waals surface area contributed by atoms with Crippen molar-refractivity contribution in [3.05, 3.63) is 12.1 Å². The largest absolute Gasteiger partial charge is 0.485 e. The third-order valence-electron chi connectivity index (χ3n) is 1.88. The van der Waals surface area contributed by atoms with Crippen molar-refractivity contribution >= 4 is 5.69 Å². The molecule has 1 heterocycles. The Labute approximate surface area is 82.6 Å². The third kappa shape index (κ3) is 1.43. The Bertz CT molecular complexity index is 349. The maximum Gasteiger partial charge on any atom is 0.231 e. The zero-order valence-corrected chi connectivity index (χ0v) is 8.24. The van der Waals surface area contributed by atoms with E-state index >= 15 is 0 Å². The average Bonchev–Trinajstić information content (AvgIpc) is 2.57. The lowest BCUT2D eigenvalue weighted by atomic mass is 10.2. The molecule has 0 saturated heterocycles. The number of hydrogen-bond acceptors (Lipinski definition) is 4. The number of benzene rings is 1. The van der Waals surface area contributed by atoms with Crippen LogP contribution in [0.1, 0.15) is 13.8 Å². The van der Waals surface area contributed by atoms with Gasteiger partial charge in [0, 0.05) is 0 Å². The summed E-state index contributed by atoms with van der Waals surface area (Å²) in [5, 5.41) is 0. The van der Waals surface area contributed by atoms with Crippen LogP contribution in [0.15, 0.2) is 12.1 Å². The SMILES string of the molecule is CC(C)Oc1c(N)ccc2c1OCO2. The molecule has 0 atom stereocenters. The fourth-order valence-corrected chi connectivity index (χ4v) is 1.32. The molecule has 0 radical (unpaired) electrons. The highest BCUT2D eigenvalue weighted by molar-refractivity contribution is 5.66. The zero-order valence-electron chi connectivity index (χ0n) is 8.24. The normalized spacial score (nSPS) is 13.4. The van der Waals surface area contributed by atoms with Crippen LogP contribution in [0.5, 0.6) is 17.2 Å². The van der Waals surface area contributed by atoms with Gasteiger partial charge in [-0.15, -0.1) is 0 Å². The van der Waals surface area contributed by atoms with Gasteiger partial charge in [0.05, 0.1) is 11.8 Å². The van der Waals surface area contributed by atoms with Crippen LogP contribution in [-0.2, 0) is 0 Å². The number of nitrogen functional groups attached to an aromatic ring is 1. The van der Waals surface area contributed by atoms with E-state index < -0.39 is 0 Å². The molecule has 0 spiro atoms. The molecule has 76 valence electrons. The second-order valence-electron chi connectivity index (χ2n) is 3.38. The fourth-order valence-electron chi connectivity index (χ4n) is 1.32. The predicted octanol–water partition coefficient (Wildman–Crippen LogP) is 1.78. The smallest absolute Gasteiger partial charge is 0.231 e. The zero-order chi connectivity index (χ0) is 10.1. The Balaban J connectivity index is 2.41. The van der Waals surface area contributed by atoms with Crippen molar-refractivity contribution in [3.63, 3.8) is 0 Å². The Morgan fingerprint density at radius 2 is 2.14 bits per heavy atom.